The number of ether oxygens (including phenoxy) is 1. The zero-order valence-electron chi connectivity index (χ0n) is 12.5. The van der Waals surface area contributed by atoms with Crippen LogP contribution in [-0.4, -0.2) is 32.2 Å². The van der Waals surface area contributed by atoms with E-state index in [1.54, 1.807) is 0 Å². The van der Waals surface area contributed by atoms with Crippen molar-refractivity contribution in [3.05, 3.63) is 0 Å². The Balaban J connectivity index is 2.09. The van der Waals surface area contributed by atoms with Crippen molar-refractivity contribution in [3.8, 4) is 0 Å². The summed E-state index contributed by atoms with van der Waals surface area (Å²) in [4.78, 5) is 11.6. The molecule has 0 saturated heterocycles. The second kappa shape index (κ2) is 9.32. The summed E-state index contributed by atoms with van der Waals surface area (Å²) in [5.74, 6) is 1.74. The Kier molecular flexibility index (Phi) is 8.07. The first-order valence-corrected chi connectivity index (χ1v) is 7.68. The minimum Gasteiger partial charge on any atom is -0.371 e. The lowest BCUT2D eigenvalue weighted by molar-refractivity contribution is -0.126. The lowest BCUT2D eigenvalue weighted by Crippen LogP contribution is -2.33. The highest BCUT2D eigenvalue weighted by Crippen LogP contribution is 2.29. The van der Waals surface area contributed by atoms with Crippen LogP contribution in [0.1, 0.15) is 46.0 Å². The molecule has 1 aliphatic carbocycles. The van der Waals surface area contributed by atoms with Gasteiger partial charge in [-0.1, -0.05) is 26.7 Å². The molecule has 0 radical (unpaired) electrons. The van der Waals surface area contributed by atoms with E-state index in [2.05, 4.69) is 19.2 Å². The average molecular weight is 270 g/mol. The summed E-state index contributed by atoms with van der Waals surface area (Å²) in [6, 6.07) is 0. The van der Waals surface area contributed by atoms with Crippen molar-refractivity contribution >= 4 is 5.91 Å². The molecule has 2 atom stereocenters. The molecule has 1 amide bonds. The van der Waals surface area contributed by atoms with Gasteiger partial charge in [0.2, 0.25) is 5.91 Å². The topological polar surface area (TPSA) is 64.3 Å². The van der Waals surface area contributed by atoms with Gasteiger partial charge in [0.25, 0.3) is 0 Å². The van der Waals surface area contributed by atoms with E-state index in [0.717, 1.165) is 19.5 Å². The molecule has 0 aromatic heterocycles. The Bertz CT molecular complexity index is 257. The highest BCUT2D eigenvalue weighted by atomic mass is 16.5. The number of rotatable bonds is 8. The van der Waals surface area contributed by atoms with Crippen molar-refractivity contribution in [2.24, 2.45) is 23.5 Å². The minimum absolute atomic E-state index is 0.000702. The molecule has 112 valence electrons. The van der Waals surface area contributed by atoms with Gasteiger partial charge in [-0.3, -0.25) is 4.79 Å². The number of nitrogens with one attached hydrogen (secondary N) is 1. The van der Waals surface area contributed by atoms with Gasteiger partial charge in [0.1, 0.15) is 6.61 Å². The van der Waals surface area contributed by atoms with Gasteiger partial charge in [0.05, 0.1) is 6.61 Å². The SMILES string of the molecule is CC(C)CCNC(=O)COCC1CCCCC1CN. The van der Waals surface area contributed by atoms with Gasteiger partial charge in [0.15, 0.2) is 0 Å². The van der Waals surface area contributed by atoms with Crippen LogP contribution in [0.2, 0.25) is 0 Å². The molecular formula is C15H30N2O2. The maximum atomic E-state index is 11.6. The molecule has 0 heterocycles. The molecule has 0 aliphatic heterocycles. The fraction of sp³-hybridized carbons (Fsp3) is 0.933. The van der Waals surface area contributed by atoms with E-state index < -0.39 is 0 Å². The van der Waals surface area contributed by atoms with E-state index in [-0.39, 0.29) is 12.5 Å². The molecule has 3 N–H and O–H groups in total. The van der Waals surface area contributed by atoms with E-state index in [0.29, 0.717) is 24.4 Å². The number of carbonyl (C=O) groups is 1. The maximum absolute atomic E-state index is 11.6. The molecule has 4 heteroatoms. The third kappa shape index (κ3) is 6.92. The van der Waals surface area contributed by atoms with Gasteiger partial charge >= 0.3 is 0 Å². The van der Waals surface area contributed by atoms with E-state index in [1.807, 2.05) is 0 Å². The molecule has 1 fully saturated rings. The summed E-state index contributed by atoms with van der Waals surface area (Å²) in [6.45, 7) is 6.66. The van der Waals surface area contributed by atoms with E-state index in [4.69, 9.17) is 10.5 Å². The molecular weight excluding hydrogens is 240 g/mol. The van der Waals surface area contributed by atoms with Gasteiger partial charge in [-0.2, -0.15) is 0 Å². The van der Waals surface area contributed by atoms with Crippen LogP contribution in [0.5, 0.6) is 0 Å². The second-order valence-electron chi connectivity index (χ2n) is 6.09. The van der Waals surface area contributed by atoms with E-state index in [1.165, 1.54) is 25.7 Å². The van der Waals surface area contributed by atoms with E-state index >= 15 is 0 Å². The zero-order chi connectivity index (χ0) is 14.1. The summed E-state index contributed by atoms with van der Waals surface area (Å²) >= 11 is 0. The maximum Gasteiger partial charge on any atom is 0.245 e. The lowest BCUT2D eigenvalue weighted by Gasteiger charge is -2.30. The fourth-order valence-corrected chi connectivity index (χ4v) is 2.67. The number of hydrogen-bond acceptors (Lipinski definition) is 3. The lowest BCUT2D eigenvalue weighted by atomic mass is 9.80. The van der Waals surface area contributed by atoms with Crippen molar-refractivity contribution in [3.63, 3.8) is 0 Å². The van der Waals surface area contributed by atoms with Crippen molar-refractivity contribution in [2.45, 2.75) is 46.0 Å². The van der Waals surface area contributed by atoms with Crippen LogP contribution < -0.4 is 11.1 Å². The summed E-state index contributed by atoms with van der Waals surface area (Å²) in [5.41, 5.74) is 5.78. The van der Waals surface area contributed by atoms with Crippen LogP contribution in [0.3, 0.4) is 0 Å². The molecule has 0 bridgehead atoms. The molecule has 0 aromatic rings. The van der Waals surface area contributed by atoms with Crippen LogP contribution >= 0.6 is 0 Å². The number of amides is 1. The van der Waals surface area contributed by atoms with Gasteiger partial charge in [-0.15, -0.1) is 0 Å². The number of carbonyl (C=O) groups excluding carboxylic acids is 1. The highest BCUT2D eigenvalue weighted by molar-refractivity contribution is 5.77. The molecule has 0 aromatic carbocycles. The smallest absolute Gasteiger partial charge is 0.245 e. The first kappa shape index (κ1) is 16.4. The standard InChI is InChI=1S/C15H30N2O2/c1-12(2)7-8-17-15(18)11-19-10-14-6-4-3-5-13(14)9-16/h12-14H,3-11,16H2,1-2H3,(H,17,18). The molecule has 19 heavy (non-hydrogen) atoms. The Labute approximate surface area is 117 Å². The Morgan fingerprint density at radius 2 is 2.00 bits per heavy atom. The predicted octanol–water partition coefficient (Wildman–Crippen LogP) is 1.93. The largest absolute Gasteiger partial charge is 0.371 e. The third-order valence-corrected chi connectivity index (χ3v) is 3.98. The normalized spacial score (nSPS) is 23.6. The Hall–Kier alpha value is -0.610. The Morgan fingerprint density at radius 1 is 1.32 bits per heavy atom. The third-order valence-electron chi connectivity index (χ3n) is 3.98. The first-order chi connectivity index (χ1) is 9.13. The molecule has 2 unspecified atom stereocenters. The highest BCUT2D eigenvalue weighted by Gasteiger charge is 2.24. The summed E-state index contributed by atoms with van der Waals surface area (Å²) in [7, 11) is 0. The van der Waals surface area contributed by atoms with Gasteiger partial charge in [0, 0.05) is 6.54 Å². The van der Waals surface area contributed by atoms with Crippen molar-refractivity contribution in [1.29, 1.82) is 0 Å². The monoisotopic (exact) mass is 270 g/mol. The zero-order valence-corrected chi connectivity index (χ0v) is 12.5. The van der Waals surface area contributed by atoms with Gasteiger partial charge in [-0.05, 0) is 43.6 Å². The Morgan fingerprint density at radius 3 is 2.63 bits per heavy atom. The van der Waals surface area contributed by atoms with Crippen LogP contribution in [0.25, 0.3) is 0 Å². The number of hydrogen-bond donors (Lipinski definition) is 2. The van der Waals surface area contributed by atoms with Gasteiger partial charge in [-0.25, -0.2) is 0 Å². The summed E-state index contributed by atoms with van der Waals surface area (Å²) < 4.78 is 5.56. The van der Waals surface area contributed by atoms with Crippen LogP contribution in [0, 0.1) is 17.8 Å². The average Bonchev–Trinajstić information content (AvgIpc) is 2.39. The van der Waals surface area contributed by atoms with Crippen molar-refractivity contribution in [1.82, 2.24) is 5.32 Å². The molecule has 1 aliphatic rings. The van der Waals surface area contributed by atoms with Crippen molar-refractivity contribution in [2.75, 3.05) is 26.3 Å². The predicted molar refractivity (Wildman–Crippen MR) is 77.8 cm³/mol. The van der Waals surface area contributed by atoms with E-state index in [9.17, 15) is 4.79 Å². The summed E-state index contributed by atoms with van der Waals surface area (Å²) in [5, 5.41) is 2.89. The second-order valence-corrected chi connectivity index (χ2v) is 6.09. The molecule has 4 nitrogen and oxygen atoms in total. The fourth-order valence-electron chi connectivity index (χ4n) is 2.67. The van der Waals surface area contributed by atoms with Gasteiger partial charge < -0.3 is 15.8 Å². The molecule has 0 spiro atoms. The van der Waals surface area contributed by atoms with Crippen LogP contribution in [0.4, 0.5) is 0 Å². The van der Waals surface area contributed by atoms with Crippen LogP contribution in [-0.2, 0) is 9.53 Å². The van der Waals surface area contributed by atoms with Crippen molar-refractivity contribution < 1.29 is 9.53 Å². The number of nitrogens with two attached hydrogens (primary N) is 1. The molecule has 1 saturated carbocycles. The molecule has 1 rings (SSSR count). The minimum atomic E-state index is 0.000702. The first-order valence-electron chi connectivity index (χ1n) is 7.68. The quantitative estimate of drug-likeness (QED) is 0.708. The summed E-state index contributed by atoms with van der Waals surface area (Å²) in [6.07, 6.45) is 5.98. The van der Waals surface area contributed by atoms with Crippen LogP contribution in [0.15, 0.2) is 0 Å².